The number of halogens is 2. The summed E-state index contributed by atoms with van der Waals surface area (Å²) in [5.74, 6) is -3.39. The number of carbonyl (C=O) groups excluding carboxylic acids is 2. The van der Waals surface area contributed by atoms with E-state index in [4.69, 9.17) is 0 Å². The molecule has 5 nitrogen and oxygen atoms in total. The summed E-state index contributed by atoms with van der Waals surface area (Å²) >= 11 is 0. The van der Waals surface area contributed by atoms with Crippen molar-refractivity contribution in [2.24, 2.45) is 0 Å². The molecular weight excluding hydrogens is 280 g/mol. The highest BCUT2D eigenvalue weighted by Crippen LogP contribution is 2.29. The first-order valence-electron chi connectivity index (χ1n) is 7.26. The molecule has 0 aromatic carbocycles. The van der Waals surface area contributed by atoms with Crippen molar-refractivity contribution in [3.8, 4) is 0 Å². The fraction of sp³-hybridized carbons (Fsp3) is 0.857. The van der Waals surface area contributed by atoms with Gasteiger partial charge in [-0.3, -0.25) is 14.9 Å². The van der Waals surface area contributed by atoms with E-state index in [2.05, 4.69) is 5.32 Å². The van der Waals surface area contributed by atoms with Gasteiger partial charge in [0.05, 0.1) is 24.7 Å². The Morgan fingerprint density at radius 3 is 2.43 bits per heavy atom. The largest absolute Gasteiger partial charge is 0.332 e. The lowest BCUT2D eigenvalue weighted by molar-refractivity contribution is -0.156. The molecule has 7 heteroatoms. The molecule has 0 aliphatic carbocycles. The van der Waals surface area contributed by atoms with Crippen LogP contribution in [-0.2, 0) is 9.59 Å². The van der Waals surface area contributed by atoms with Crippen molar-refractivity contribution < 1.29 is 18.4 Å². The van der Waals surface area contributed by atoms with Crippen molar-refractivity contribution in [1.29, 1.82) is 0 Å². The lowest BCUT2D eigenvalue weighted by Crippen LogP contribution is -2.66. The fourth-order valence-electron chi connectivity index (χ4n) is 3.43. The molecule has 2 aliphatic rings. The van der Waals surface area contributed by atoms with Crippen LogP contribution in [0, 0.1) is 0 Å². The van der Waals surface area contributed by atoms with Crippen LogP contribution in [0.25, 0.3) is 0 Å². The highest BCUT2D eigenvalue weighted by Gasteiger charge is 2.47. The van der Waals surface area contributed by atoms with Crippen molar-refractivity contribution in [3.05, 3.63) is 0 Å². The molecule has 2 fully saturated rings. The number of nitrogens with zero attached hydrogens (tertiary/aromatic N) is 2. The molecule has 0 bridgehead atoms. The van der Waals surface area contributed by atoms with Gasteiger partial charge in [0, 0.05) is 19.0 Å². The van der Waals surface area contributed by atoms with Gasteiger partial charge in [-0.15, -0.1) is 0 Å². The number of carbonyl (C=O) groups is 2. The SMILES string of the molecule is CC(C)N1C(=O)CN(C(=O)C2CC(F)(F)CN2)CC1(C)C. The van der Waals surface area contributed by atoms with Gasteiger partial charge >= 0.3 is 0 Å². The lowest BCUT2D eigenvalue weighted by Gasteiger charge is -2.49. The summed E-state index contributed by atoms with van der Waals surface area (Å²) in [6.45, 7) is 7.48. The van der Waals surface area contributed by atoms with Crippen LogP contribution < -0.4 is 5.32 Å². The average molecular weight is 303 g/mol. The first-order valence-corrected chi connectivity index (χ1v) is 7.26. The maximum atomic E-state index is 13.2. The molecule has 2 aliphatic heterocycles. The second-order valence-electron chi connectivity index (χ2n) is 6.86. The number of hydrogen-bond donors (Lipinski definition) is 1. The predicted octanol–water partition coefficient (Wildman–Crippen LogP) is 0.841. The number of alkyl halides is 2. The monoisotopic (exact) mass is 303 g/mol. The van der Waals surface area contributed by atoms with Crippen LogP contribution in [0.5, 0.6) is 0 Å². The zero-order chi connectivity index (χ0) is 16.0. The molecule has 2 saturated heterocycles. The summed E-state index contributed by atoms with van der Waals surface area (Å²) in [7, 11) is 0. The first kappa shape index (κ1) is 16.1. The Bertz CT molecular complexity index is 452. The van der Waals surface area contributed by atoms with Gasteiger partial charge in [0.15, 0.2) is 0 Å². The van der Waals surface area contributed by atoms with Gasteiger partial charge < -0.3 is 9.80 Å². The normalized spacial score (nSPS) is 28.3. The molecule has 0 aromatic heterocycles. The Labute approximate surface area is 123 Å². The van der Waals surface area contributed by atoms with Crippen LogP contribution in [0.4, 0.5) is 8.78 Å². The van der Waals surface area contributed by atoms with E-state index in [0.717, 1.165) is 0 Å². The van der Waals surface area contributed by atoms with Crippen LogP contribution >= 0.6 is 0 Å². The summed E-state index contributed by atoms with van der Waals surface area (Å²) in [5, 5.41) is 2.55. The number of nitrogens with one attached hydrogen (secondary N) is 1. The van der Waals surface area contributed by atoms with Crippen LogP contribution in [0.15, 0.2) is 0 Å². The van der Waals surface area contributed by atoms with E-state index in [0.29, 0.717) is 6.54 Å². The van der Waals surface area contributed by atoms with E-state index in [-0.39, 0.29) is 18.5 Å². The summed E-state index contributed by atoms with van der Waals surface area (Å²) in [4.78, 5) is 27.8. The van der Waals surface area contributed by atoms with E-state index in [1.807, 2.05) is 27.7 Å². The summed E-state index contributed by atoms with van der Waals surface area (Å²) in [6, 6.07) is -0.854. The molecule has 0 spiro atoms. The van der Waals surface area contributed by atoms with Crippen LogP contribution in [-0.4, -0.2) is 64.8 Å². The third kappa shape index (κ3) is 3.17. The Balaban J connectivity index is 2.10. The van der Waals surface area contributed by atoms with Gasteiger partial charge in [0.1, 0.15) is 0 Å². The van der Waals surface area contributed by atoms with Gasteiger partial charge in [-0.1, -0.05) is 0 Å². The smallest absolute Gasteiger partial charge is 0.262 e. The Morgan fingerprint density at radius 1 is 1.38 bits per heavy atom. The lowest BCUT2D eigenvalue weighted by atomic mass is 9.95. The minimum absolute atomic E-state index is 0.0375. The zero-order valence-electron chi connectivity index (χ0n) is 12.9. The van der Waals surface area contributed by atoms with Gasteiger partial charge in [-0.2, -0.15) is 0 Å². The van der Waals surface area contributed by atoms with E-state index in [1.54, 1.807) is 4.90 Å². The average Bonchev–Trinajstić information content (AvgIpc) is 2.65. The minimum Gasteiger partial charge on any atom is -0.332 e. The summed E-state index contributed by atoms with van der Waals surface area (Å²) in [6.07, 6.45) is -0.495. The molecule has 0 radical (unpaired) electrons. The summed E-state index contributed by atoms with van der Waals surface area (Å²) in [5.41, 5.74) is -0.500. The van der Waals surface area contributed by atoms with E-state index < -0.39 is 36.4 Å². The van der Waals surface area contributed by atoms with Crippen LogP contribution in [0.2, 0.25) is 0 Å². The molecule has 1 unspecified atom stereocenters. The third-order valence-corrected chi connectivity index (χ3v) is 4.06. The molecule has 0 aromatic rings. The van der Waals surface area contributed by atoms with Crippen molar-refractivity contribution >= 4 is 11.8 Å². The molecule has 1 N–H and O–H groups in total. The quantitative estimate of drug-likeness (QED) is 0.822. The van der Waals surface area contributed by atoms with Gasteiger partial charge in [-0.25, -0.2) is 8.78 Å². The van der Waals surface area contributed by atoms with Crippen molar-refractivity contribution in [2.75, 3.05) is 19.6 Å². The molecule has 2 rings (SSSR count). The summed E-state index contributed by atoms with van der Waals surface area (Å²) < 4.78 is 26.4. The predicted molar refractivity (Wildman–Crippen MR) is 74.0 cm³/mol. The highest BCUT2D eigenvalue weighted by atomic mass is 19.3. The van der Waals surface area contributed by atoms with Gasteiger partial charge in [0.25, 0.3) is 5.92 Å². The van der Waals surface area contributed by atoms with Gasteiger partial charge in [-0.05, 0) is 27.7 Å². The Morgan fingerprint density at radius 2 is 2.00 bits per heavy atom. The van der Waals surface area contributed by atoms with Crippen molar-refractivity contribution in [3.63, 3.8) is 0 Å². The molecular formula is C14H23F2N3O2. The van der Waals surface area contributed by atoms with Crippen LogP contribution in [0.3, 0.4) is 0 Å². The second kappa shape index (κ2) is 5.19. The Kier molecular flexibility index (Phi) is 3.99. The second-order valence-corrected chi connectivity index (χ2v) is 6.86. The fourth-order valence-corrected chi connectivity index (χ4v) is 3.43. The number of hydrogen-bond acceptors (Lipinski definition) is 3. The number of piperazine rings is 1. The topological polar surface area (TPSA) is 52.7 Å². The molecule has 0 saturated carbocycles. The maximum Gasteiger partial charge on any atom is 0.262 e. The van der Waals surface area contributed by atoms with Gasteiger partial charge in [0.2, 0.25) is 11.8 Å². The molecule has 120 valence electrons. The minimum atomic E-state index is -2.85. The first-order chi connectivity index (χ1) is 9.53. The van der Waals surface area contributed by atoms with E-state index >= 15 is 0 Å². The van der Waals surface area contributed by atoms with E-state index in [1.165, 1.54) is 4.90 Å². The van der Waals surface area contributed by atoms with Crippen molar-refractivity contribution in [1.82, 2.24) is 15.1 Å². The highest BCUT2D eigenvalue weighted by molar-refractivity contribution is 5.89. The van der Waals surface area contributed by atoms with Crippen molar-refractivity contribution in [2.45, 2.75) is 57.7 Å². The number of amides is 2. The Hall–Kier alpha value is -1.24. The molecule has 2 amide bonds. The molecule has 21 heavy (non-hydrogen) atoms. The number of rotatable bonds is 2. The standard InChI is InChI=1S/C14H23F2N3O2/c1-9(2)19-11(20)6-18(8-13(19,3)4)12(21)10-5-14(15,16)7-17-10/h9-10,17H,5-8H2,1-4H3. The third-order valence-electron chi connectivity index (χ3n) is 4.06. The molecule has 1 atom stereocenters. The maximum absolute atomic E-state index is 13.2. The van der Waals surface area contributed by atoms with Crippen LogP contribution in [0.1, 0.15) is 34.1 Å². The molecule has 2 heterocycles. The van der Waals surface area contributed by atoms with E-state index in [9.17, 15) is 18.4 Å². The zero-order valence-corrected chi connectivity index (χ0v) is 12.9.